The lowest BCUT2D eigenvalue weighted by atomic mass is 10.0. The molecule has 0 saturated heterocycles. The van der Waals surface area contributed by atoms with E-state index in [1.165, 1.54) is 0 Å². The van der Waals surface area contributed by atoms with E-state index in [1.54, 1.807) is 18.0 Å². The zero-order valence-corrected chi connectivity index (χ0v) is 18.2. The molecule has 1 N–H and O–H groups in total. The normalized spacial score (nSPS) is 15.6. The van der Waals surface area contributed by atoms with E-state index in [2.05, 4.69) is 15.9 Å². The predicted molar refractivity (Wildman–Crippen MR) is 120 cm³/mol. The maximum Gasteiger partial charge on any atom is 0.159 e. The predicted octanol–water partition coefficient (Wildman–Crippen LogP) is 4.21. The zero-order chi connectivity index (χ0) is 21.6. The zero-order valence-electron chi connectivity index (χ0n) is 18.2. The summed E-state index contributed by atoms with van der Waals surface area (Å²) < 4.78 is 9.56. The summed E-state index contributed by atoms with van der Waals surface area (Å²) in [7, 11) is 1.66. The summed E-state index contributed by atoms with van der Waals surface area (Å²) in [5, 5.41) is 15.2. The molecule has 3 aromatic heterocycles. The summed E-state index contributed by atoms with van der Waals surface area (Å²) in [6, 6.07) is 7.86. The molecule has 1 aromatic carbocycles. The van der Waals surface area contributed by atoms with Crippen LogP contribution in [-0.4, -0.2) is 42.1 Å². The second kappa shape index (κ2) is 7.50. The van der Waals surface area contributed by atoms with Crippen molar-refractivity contribution in [1.29, 1.82) is 0 Å². The van der Waals surface area contributed by atoms with Crippen molar-refractivity contribution < 1.29 is 9.84 Å². The Hall–Kier alpha value is -3.19. The highest BCUT2D eigenvalue weighted by Crippen LogP contribution is 2.35. The van der Waals surface area contributed by atoms with Gasteiger partial charge in [0.1, 0.15) is 11.3 Å². The first-order valence-corrected chi connectivity index (χ1v) is 10.7. The highest BCUT2D eigenvalue weighted by Gasteiger charge is 2.32. The number of aliphatic hydroxyl groups is 1. The third-order valence-electron chi connectivity index (χ3n) is 6.25. The Morgan fingerprint density at radius 1 is 1.16 bits per heavy atom. The minimum Gasteiger partial charge on any atom is -0.496 e. The van der Waals surface area contributed by atoms with E-state index < -0.39 is 5.60 Å². The second-order valence-electron chi connectivity index (χ2n) is 8.54. The van der Waals surface area contributed by atoms with Gasteiger partial charge < -0.3 is 14.4 Å². The third-order valence-corrected chi connectivity index (χ3v) is 6.25. The van der Waals surface area contributed by atoms with Crippen LogP contribution in [0.15, 0.2) is 42.9 Å². The molecule has 31 heavy (non-hydrogen) atoms. The number of methoxy groups -OCH3 is 1. The van der Waals surface area contributed by atoms with Crippen LogP contribution in [0.25, 0.3) is 28.1 Å². The van der Waals surface area contributed by atoms with E-state index in [0.717, 1.165) is 70.8 Å². The van der Waals surface area contributed by atoms with Crippen LogP contribution in [0.3, 0.4) is 0 Å². The molecule has 0 aliphatic heterocycles. The van der Waals surface area contributed by atoms with Crippen LogP contribution in [0.4, 0.5) is 0 Å². The Bertz CT molecular complexity index is 1240. The number of hydrogen-bond acceptors (Lipinski definition) is 5. The van der Waals surface area contributed by atoms with Crippen LogP contribution < -0.4 is 4.74 Å². The first kappa shape index (κ1) is 19.8. The van der Waals surface area contributed by atoms with Gasteiger partial charge in [0.05, 0.1) is 36.3 Å². The quantitative estimate of drug-likeness (QED) is 0.526. The van der Waals surface area contributed by atoms with Gasteiger partial charge in [-0.3, -0.25) is 0 Å². The molecule has 3 heterocycles. The Balaban J connectivity index is 1.58. The van der Waals surface area contributed by atoms with Crippen molar-refractivity contribution in [2.45, 2.75) is 51.7 Å². The van der Waals surface area contributed by atoms with Crippen molar-refractivity contribution in [2.24, 2.45) is 0 Å². The number of ether oxygens (including phenoxy) is 1. The van der Waals surface area contributed by atoms with Gasteiger partial charge in [-0.2, -0.15) is 5.10 Å². The standard InChI is InChI=1S/C24H27N5O2/c1-16-14-28(15-24(30)9-4-5-10-24)23-21(16)27-22(17(2)26-23)19-8-7-18(13-20(19)31-3)29-12-6-11-25-29/h6-8,11-14,30H,4-5,9-10,15H2,1-3H3. The van der Waals surface area contributed by atoms with Crippen LogP contribution in [0.2, 0.25) is 0 Å². The summed E-state index contributed by atoms with van der Waals surface area (Å²) >= 11 is 0. The van der Waals surface area contributed by atoms with Gasteiger partial charge in [0.25, 0.3) is 0 Å². The molecular weight excluding hydrogens is 390 g/mol. The van der Waals surface area contributed by atoms with Gasteiger partial charge in [-0.25, -0.2) is 14.6 Å². The van der Waals surface area contributed by atoms with Crippen molar-refractivity contribution in [2.75, 3.05) is 7.11 Å². The molecule has 1 aliphatic rings. The van der Waals surface area contributed by atoms with Crippen molar-refractivity contribution >= 4 is 11.2 Å². The summed E-state index contributed by atoms with van der Waals surface area (Å²) in [6.07, 6.45) is 9.55. The smallest absolute Gasteiger partial charge is 0.159 e. The lowest BCUT2D eigenvalue weighted by Gasteiger charge is -2.23. The van der Waals surface area contributed by atoms with Crippen molar-refractivity contribution in [3.8, 4) is 22.7 Å². The number of rotatable bonds is 5. The summed E-state index contributed by atoms with van der Waals surface area (Å²) in [5.41, 5.74) is 5.55. The molecule has 0 spiro atoms. The van der Waals surface area contributed by atoms with E-state index in [0.29, 0.717) is 6.54 Å². The minimum atomic E-state index is -0.641. The summed E-state index contributed by atoms with van der Waals surface area (Å²) in [5.74, 6) is 0.724. The van der Waals surface area contributed by atoms with Gasteiger partial charge in [-0.1, -0.05) is 12.8 Å². The molecule has 1 aliphatic carbocycles. The molecule has 0 bridgehead atoms. The van der Waals surface area contributed by atoms with Gasteiger partial charge in [-0.05, 0) is 50.5 Å². The highest BCUT2D eigenvalue weighted by atomic mass is 16.5. The fourth-order valence-electron chi connectivity index (χ4n) is 4.65. The lowest BCUT2D eigenvalue weighted by molar-refractivity contribution is 0.0309. The maximum atomic E-state index is 10.9. The molecule has 160 valence electrons. The lowest BCUT2D eigenvalue weighted by Crippen LogP contribution is -2.30. The molecule has 0 amide bonds. The number of aromatic nitrogens is 5. The Labute approximate surface area is 181 Å². The van der Waals surface area contributed by atoms with Crippen LogP contribution >= 0.6 is 0 Å². The van der Waals surface area contributed by atoms with Crippen molar-refractivity contribution in [3.05, 3.63) is 54.1 Å². The Morgan fingerprint density at radius 3 is 2.68 bits per heavy atom. The molecule has 0 unspecified atom stereocenters. The van der Waals surface area contributed by atoms with Crippen molar-refractivity contribution in [3.63, 3.8) is 0 Å². The van der Waals surface area contributed by atoms with Gasteiger partial charge >= 0.3 is 0 Å². The number of benzene rings is 1. The average Bonchev–Trinajstić information content (AvgIpc) is 3.50. The van der Waals surface area contributed by atoms with Crippen molar-refractivity contribution in [1.82, 2.24) is 24.3 Å². The minimum absolute atomic E-state index is 0.562. The number of aryl methyl sites for hydroxylation is 2. The van der Waals surface area contributed by atoms with Crippen LogP contribution in [-0.2, 0) is 6.54 Å². The monoisotopic (exact) mass is 417 g/mol. The Kier molecular flexibility index (Phi) is 4.78. The summed E-state index contributed by atoms with van der Waals surface area (Å²) in [6.45, 7) is 4.58. The van der Waals surface area contributed by atoms with E-state index in [4.69, 9.17) is 14.7 Å². The van der Waals surface area contributed by atoms with Gasteiger partial charge in [-0.15, -0.1) is 0 Å². The molecular formula is C24H27N5O2. The number of fused-ring (bicyclic) bond motifs is 1. The largest absolute Gasteiger partial charge is 0.496 e. The van der Waals surface area contributed by atoms with E-state index in [1.807, 2.05) is 44.3 Å². The maximum absolute atomic E-state index is 10.9. The fraction of sp³-hybridized carbons (Fsp3) is 0.375. The van der Waals surface area contributed by atoms with Gasteiger partial charge in [0, 0.05) is 30.2 Å². The number of hydrogen-bond donors (Lipinski definition) is 1. The molecule has 1 saturated carbocycles. The van der Waals surface area contributed by atoms with E-state index in [-0.39, 0.29) is 0 Å². The van der Waals surface area contributed by atoms with Gasteiger partial charge in [0.2, 0.25) is 0 Å². The third kappa shape index (κ3) is 3.49. The SMILES string of the molecule is COc1cc(-n2cccn2)ccc1-c1nc2c(C)cn(CC3(O)CCCC3)c2nc1C. The molecule has 5 rings (SSSR count). The van der Waals surface area contributed by atoms with Crippen LogP contribution in [0, 0.1) is 13.8 Å². The summed E-state index contributed by atoms with van der Waals surface area (Å²) in [4.78, 5) is 9.91. The van der Waals surface area contributed by atoms with E-state index >= 15 is 0 Å². The molecule has 4 aromatic rings. The van der Waals surface area contributed by atoms with Crippen LogP contribution in [0.1, 0.15) is 36.9 Å². The Morgan fingerprint density at radius 2 is 1.97 bits per heavy atom. The molecule has 0 radical (unpaired) electrons. The molecule has 7 heteroatoms. The van der Waals surface area contributed by atoms with Crippen LogP contribution in [0.5, 0.6) is 5.75 Å². The second-order valence-corrected chi connectivity index (χ2v) is 8.54. The molecule has 1 fully saturated rings. The molecule has 7 nitrogen and oxygen atoms in total. The molecule has 0 atom stereocenters. The highest BCUT2D eigenvalue weighted by molar-refractivity contribution is 5.81. The first-order chi connectivity index (χ1) is 15.0. The first-order valence-electron chi connectivity index (χ1n) is 10.7. The fourth-order valence-corrected chi connectivity index (χ4v) is 4.65. The average molecular weight is 418 g/mol. The number of nitrogens with zero attached hydrogens (tertiary/aromatic N) is 5. The van der Waals surface area contributed by atoms with Gasteiger partial charge in [0.15, 0.2) is 5.65 Å². The van der Waals surface area contributed by atoms with E-state index in [9.17, 15) is 5.11 Å². The topological polar surface area (TPSA) is 78.0 Å².